The van der Waals surface area contributed by atoms with E-state index in [2.05, 4.69) is 32.3 Å². The quantitative estimate of drug-likeness (QED) is 0.588. The van der Waals surface area contributed by atoms with Crippen LogP contribution in [-0.2, 0) is 4.74 Å². The lowest BCUT2D eigenvalue weighted by Crippen LogP contribution is -2.38. The summed E-state index contributed by atoms with van der Waals surface area (Å²) in [7, 11) is 3.41. The van der Waals surface area contributed by atoms with Crippen LogP contribution in [0.3, 0.4) is 0 Å². The van der Waals surface area contributed by atoms with Crippen LogP contribution in [0.4, 0.5) is 0 Å². The molecule has 0 aliphatic rings. The van der Waals surface area contributed by atoms with Gasteiger partial charge in [-0.1, -0.05) is 19.4 Å². The Morgan fingerprint density at radius 1 is 1.26 bits per heavy atom. The standard InChI is InChI=1S/C15H26N2O2/c1-6-7-12(18-4)15(17-16)14-11(3)8-10(2)9-13(14)19-5/h8-9,12,15,17H,6-7,16H2,1-5H3. The number of methoxy groups -OCH3 is 2. The van der Waals surface area contributed by atoms with Gasteiger partial charge >= 0.3 is 0 Å². The summed E-state index contributed by atoms with van der Waals surface area (Å²) in [5.74, 6) is 6.62. The molecule has 0 aliphatic carbocycles. The zero-order valence-corrected chi connectivity index (χ0v) is 12.6. The molecule has 0 amide bonds. The zero-order chi connectivity index (χ0) is 14.4. The Morgan fingerprint density at radius 2 is 1.95 bits per heavy atom. The summed E-state index contributed by atoms with van der Waals surface area (Å²) in [6.45, 7) is 6.27. The SMILES string of the molecule is CCCC(OC)C(NN)c1c(C)cc(C)cc1OC. The summed E-state index contributed by atoms with van der Waals surface area (Å²) in [6.07, 6.45) is 2.02. The third kappa shape index (κ3) is 3.69. The number of rotatable bonds is 7. The van der Waals surface area contributed by atoms with E-state index >= 15 is 0 Å². The Morgan fingerprint density at radius 3 is 2.42 bits per heavy atom. The van der Waals surface area contributed by atoms with Crippen LogP contribution in [0.5, 0.6) is 5.75 Å². The van der Waals surface area contributed by atoms with Crippen molar-refractivity contribution in [2.24, 2.45) is 5.84 Å². The molecular formula is C15H26N2O2. The highest BCUT2D eigenvalue weighted by Gasteiger charge is 2.26. The van der Waals surface area contributed by atoms with Crippen LogP contribution in [0, 0.1) is 13.8 Å². The maximum atomic E-state index is 5.76. The van der Waals surface area contributed by atoms with E-state index in [0.29, 0.717) is 0 Å². The van der Waals surface area contributed by atoms with Crippen molar-refractivity contribution in [2.75, 3.05) is 14.2 Å². The largest absolute Gasteiger partial charge is 0.496 e. The highest BCUT2D eigenvalue weighted by atomic mass is 16.5. The van der Waals surface area contributed by atoms with Crippen LogP contribution in [0.2, 0.25) is 0 Å². The van der Waals surface area contributed by atoms with Gasteiger partial charge in [-0.2, -0.15) is 0 Å². The van der Waals surface area contributed by atoms with Crippen LogP contribution in [0.25, 0.3) is 0 Å². The monoisotopic (exact) mass is 266 g/mol. The van der Waals surface area contributed by atoms with Gasteiger partial charge in [0.1, 0.15) is 5.75 Å². The van der Waals surface area contributed by atoms with E-state index in [4.69, 9.17) is 15.3 Å². The average molecular weight is 266 g/mol. The number of hydrogen-bond acceptors (Lipinski definition) is 4. The van der Waals surface area contributed by atoms with E-state index in [-0.39, 0.29) is 12.1 Å². The Bertz CT molecular complexity index is 407. The number of hydrogen-bond donors (Lipinski definition) is 2. The average Bonchev–Trinajstić information content (AvgIpc) is 2.39. The van der Waals surface area contributed by atoms with E-state index < -0.39 is 0 Å². The molecule has 4 heteroatoms. The molecule has 0 saturated carbocycles. The molecule has 1 rings (SSSR count). The summed E-state index contributed by atoms with van der Waals surface area (Å²) < 4.78 is 11.1. The molecule has 0 spiro atoms. The molecule has 0 fully saturated rings. The summed E-state index contributed by atoms with van der Waals surface area (Å²) in [4.78, 5) is 0. The molecule has 0 saturated heterocycles. The fourth-order valence-electron chi connectivity index (χ4n) is 2.59. The first kappa shape index (κ1) is 16.0. The van der Waals surface area contributed by atoms with Gasteiger partial charge in [-0.15, -0.1) is 0 Å². The first-order valence-corrected chi connectivity index (χ1v) is 6.73. The molecule has 4 nitrogen and oxygen atoms in total. The number of nitrogens with two attached hydrogens (primary N) is 1. The number of benzene rings is 1. The van der Waals surface area contributed by atoms with E-state index in [1.54, 1.807) is 14.2 Å². The molecule has 0 bridgehead atoms. The molecule has 0 heterocycles. The molecule has 0 radical (unpaired) electrons. The molecule has 19 heavy (non-hydrogen) atoms. The second-order valence-corrected chi connectivity index (χ2v) is 4.90. The Labute approximate surface area is 116 Å². The minimum Gasteiger partial charge on any atom is -0.496 e. The van der Waals surface area contributed by atoms with Gasteiger partial charge in [0, 0.05) is 12.7 Å². The molecule has 2 atom stereocenters. The minimum atomic E-state index is -0.0690. The highest BCUT2D eigenvalue weighted by molar-refractivity contribution is 5.45. The van der Waals surface area contributed by atoms with Crippen molar-refractivity contribution in [1.82, 2.24) is 5.43 Å². The van der Waals surface area contributed by atoms with E-state index in [1.165, 1.54) is 5.56 Å². The third-order valence-electron chi connectivity index (χ3n) is 3.45. The number of hydrazine groups is 1. The molecule has 108 valence electrons. The Hall–Kier alpha value is -1.10. The summed E-state index contributed by atoms with van der Waals surface area (Å²) in [5, 5.41) is 0. The highest BCUT2D eigenvalue weighted by Crippen LogP contribution is 2.33. The lowest BCUT2D eigenvalue weighted by atomic mass is 9.92. The number of nitrogens with one attached hydrogen (secondary N) is 1. The van der Waals surface area contributed by atoms with Gasteiger partial charge in [0.05, 0.1) is 19.3 Å². The maximum absolute atomic E-state index is 5.76. The van der Waals surface area contributed by atoms with Gasteiger partial charge in [-0.3, -0.25) is 11.3 Å². The van der Waals surface area contributed by atoms with Crippen molar-refractivity contribution in [3.05, 3.63) is 28.8 Å². The lowest BCUT2D eigenvalue weighted by molar-refractivity contribution is 0.0596. The fourth-order valence-corrected chi connectivity index (χ4v) is 2.59. The predicted molar refractivity (Wildman–Crippen MR) is 78.2 cm³/mol. The van der Waals surface area contributed by atoms with Crippen molar-refractivity contribution >= 4 is 0 Å². The molecule has 0 aliphatic heterocycles. The van der Waals surface area contributed by atoms with Crippen LogP contribution in [0.15, 0.2) is 12.1 Å². The van der Waals surface area contributed by atoms with Crippen molar-refractivity contribution in [2.45, 2.75) is 45.8 Å². The molecule has 1 aromatic rings. The van der Waals surface area contributed by atoms with Crippen molar-refractivity contribution in [1.29, 1.82) is 0 Å². The van der Waals surface area contributed by atoms with Gasteiger partial charge in [-0.25, -0.2) is 0 Å². The van der Waals surface area contributed by atoms with Gasteiger partial charge in [-0.05, 0) is 37.5 Å². The maximum Gasteiger partial charge on any atom is 0.124 e. The third-order valence-corrected chi connectivity index (χ3v) is 3.45. The fraction of sp³-hybridized carbons (Fsp3) is 0.600. The van der Waals surface area contributed by atoms with Crippen LogP contribution in [0.1, 0.15) is 42.5 Å². The number of aryl methyl sites for hydroxylation is 2. The summed E-state index contributed by atoms with van der Waals surface area (Å²) >= 11 is 0. The van der Waals surface area contributed by atoms with Gasteiger partial charge in [0.2, 0.25) is 0 Å². The number of ether oxygens (including phenoxy) is 2. The molecule has 0 aromatic heterocycles. The summed E-state index contributed by atoms with van der Waals surface area (Å²) in [5.41, 5.74) is 6.31. The lowest BCUT2D eigenvalue weighted by Gasteiger charge is -2.28. The van der Waals surface area contributed by atoms with Gasteiger partial charge in [0.15, 0.2) is 0 Å². The van der Waals surface area contributed by atoms with Crippen LogP contribution < -0.4 is 16.0 Å². The Kier molecular flexibility index (Phi) is 6.28. The van der Waals surface area contributed by atoms with Gasteiger partial charge in [0.25, 0.3) is 0 Å². The van der Waals surface area contributed by atoms with Gasteiger partial charge < -0.3 is 9.47 Å². The second kappa shape index (κ2) is 7.48. The van der Waals surface area contributed by atoms with Crippen LogP contribution >= 0.6 is 0 Å². The second-order valence-electron chi connectivity index (χ2n) is 4.90. The Balaban J connectivity index is 3.23. The predicted octanol–water partition coefficient (Wildman–Crippen LogP) is 2.63. The van der Waals surface area contributed by atoms with E-state index in [1.807, 2.05) is 6.07 Å². The van der Waals surface area contributed by atoms with Crippen LogP contribution in [-0.4, -0.2) is 20.3 Å². The molecule has 2 unspecified atom stereocenters. The summed E-state index contributed by atoms with van der Waals surface area (Å²) in [6, 6.07) is 4.10. The normalized spacial score (nSPS) is 14.2. The first-order valence-electron chi connectivity index (χ1n) is 6.73. The van der Waals surface area contributed by atoms with Crippen molar-refractivity contribution < 1.29 is 9.47 Å². The van der Waals surface area contributed by atoms with E-state index in [9.17, 15) is 0 Å². The molecule has 1 aromatic carbocycles. The van der Waals surface area contributed by atoms with Crippen molar-refractivity contribution in [3.8, 4) is 5.75 Å². The molecule has 3 N–H and O–H groups in total. The van der Waals surface area contributed by atoms with Crippen molar-refractivity contribution in [3.63, 3.8) is 0 Å². The smallest absolute Gasteiger partial charge is 0.124 e. The first-order chi connectivity index (χ1) is 9.08. The minimum absolute atomic E-state index is 0.0327. The zero-order valence-electron chi connectivity index (χ0n) is 12.6. The molecular weight excluding hydrogens is 240 g/mol. The topological polar surface area (TPSA) is 56.5 Å². The van der Waals surface area contributed by atoms with E-state index in [0.717, 1.165) is 29.7 Å².